The summed E-state index contributed by atoms with van der Waals surface area (Å²) in [6.07, 6.45) is 3.04. The lowest BCUT2D eigenvalue weighted by Gasteiger charge is -2.54. The molecule has 0 saturated carbocycles. The first kappa shape index (κ1) is 23.2. The van der Waals surface area contributed by atoms with Crippen LogP contribution in [0.25, 0.3) is 0 Å². The fourth-order valence-electron chi connectivity index (χ4n) is 6.11. The summed E-state index contributed by atoms with van der Waals surface area (Å²) in [5.41, 5.74) is 0.798. The predicted octanol–water partition coefficient (Wildman–Crippen LogP) is 5.04. The van der Waals surface area contributed by atoms with Gasteiger partial charge in [0.2, 0.25) is 5.91 Å². The maximum absolute atomic E-state index is 13.5. The Morgan fingerprint density at radius 2 is 2.03 bits per heavy atom. The summed E-state index contributed by atoms with van der Waals surface area (Å²) in [6.45, 7) is 3.17. The third kappa shape index (κ3) is 4.18. The first-order chi connectivity index (χ1) is 16.3. The van der Waals surface area contributed by atoms with Crippen LogP contribution < -0.4 is 4.74 Å². The van der Waals surface area contributed by atoms with Crippen LogP contribution in [0.5, 0.6) is 5.75 Å². The van der Waals surface area contributed by atoms with E-state index in [2.05, 4.69) is 0 Å². The normalized spacial score (nSPS) is 29.9. The molecule has 1 N–H and O–H groups in total. The average Bonchev–Trinajstić information content (AvgIpc) is 3.21. The number of carboxylic acid groups (broad SMARTS) is 1. The number of halogens is 1. The molecule has 2 aromatic rings. The van der Waals surface area contributed by atoms with Crippen LogP contribution in [0.4, 0.5) is 0 Å². The molecule has 34 heavy (non-hydrogen) atoms. The van der Waals surface area contributed by atoms with Gasteiger partial charge in [0, 0.05) is 29.5 Å². The van der Waals surface area contributed by atoms with Crippen LogP contribution in [-0.2, 0) is 20.7 Å². The molecule has 2 fully saturated rings. The van der Waals surface area contributed by atoms with Gasteiger partial charge in [-0.25, -0.2) is 0 Å². The fourth-order valence-corrected chi connectivity index (χ4v) is 6.33. The van der Waals surface area contributed by atoms with Crippen molar-refractivity contribution in [1.82, 2.24) is 4.90 Å². The Morgan fingerprint density at radius 3 is 2.82 bits per heavy atom. The van der Waals surface area contributed by atoms with Crippen LogP contribution in [-0.4, -0.2) is 46.2 Å². The molecule has 4 atom stereocenters. The summed E-state index contributed by atoms with van der Waals surface area (Å²) in [5, 5.41) is 10.0. The number of benzene rings is 2. The number of hydrogen-bond acceptors (Lipinski definition) is 4. The first-order valence-electron chi connectivity index (χ1n) is 12.0. The van der Waals surface area contributed by atoms with Crippen LogP contribution in [0.2, 0.25) is 5.02 Å². The Kier molecular flexibility index (Phi) is 6.07. The van der Waals surface area contributed by atoms with Gasteiger partial charge in [-0.2, -0.15) is 0 Å². The Labute approximate surface area is 204 Å². The molecule has 0 aromatic heterocycles. The molecule has 0 unspecified atom stereocenters. The maximum Gasteiger partial charge on any atom is 0.303 e. The second-order valence-corrected chi connectivity index (χ2v) is 10.5. The van der Waals surface area contributed by atoms with E-state index in [-0.39, 0.29) is 24.3 Å². The van der Waals surface area contributed by atoms with Crippen molar-refractivity contribution in [2.75, 3.05) is 13.2 Å². The van der Waals surface area contributed by atoms with Crippen molar-refractivity contribution >= 4 is 23.5 Å². The van der Waals surface area contributed by atoms with Crippen LogP contribution >= 0.6 is 11.6 Å². The molecular weight excluding hydrogens is 454 g/mol. The average molecular weight is 484 g/mol. The number of nitrogens with zero attached hydrogens (tertiary/aromatic N) is 1. The molecule has 7 heteroatoms. The lowest BCUT2D eigenvalue weighted by atomic mass is 9.68. The fraction of sp³-hybridized carbons (Fsp3) is 0.481. The van der Waals surface area contributed by atoms with Crippen LogP contribution in [0, 0.1) is 5.92 Å². The zero-order valence-corrected chi connectivity index (χ0v) is 20.1. The summed E-state index contributed by atoms with van der Waals surface area (Å²) < 4.78 is 13.0. The van der Waals surface area contributed by atoms with E-state index in [0.717, 1.165) is 36.1 Å². The van der Waals surface area contributed by atoms with E-state index in [4.69, 9.17) is 21.1 Å². The van der Waals surface area contributed by atoms with Gasteiger partial charge in [-0.1, -0.05) is 41.9 Å². The number of para-hydroxylation sites is 1. The largest absolute Gasteiger partial charge is 0.487 e. The zero-order valence-electron chi connectivity index (χ0n) is 19.3. The first-order valence-corrected chi connectivity index (χ1v) is 12.3. The summed E-state index contributed by atoms with van der Waals surface area (Å²) in [6, 6.07) is 15.3. The second kappa shape index (κ2) is 8.90. The number of ether oxygens (including phenoxy) is 2. The number of carbonyl (C=O) groups excluding carboxylic acids is 1. The number of likely N-dealkylation sites (tertiary alicyclic amines) is 1. The van der Waals surface area contributed by atoms with Gasteiger partial charge in [-0.3, -0.25) is 9.59 Å². The minimum atomic E-state index is -0.842. The van der Waals surface area contributed by atoms with E-state index in [1.165, 1.54) is 0 Å². The zero-order chi connectivity index (χ0) is 23.9. The van der Waals surface area contributed by atoms with Crippen molar-refractivity contribution in [3.63, 3.8) is 0 Å². The Morgan fingerprint density at radius 1 is 1.21 bits per heavy atom. The van der Waals surface area contributed by atoms with Gasteiger partial charge in [-0.15, -0.1) is 0 Å². The van der Waals surface area contributed by atoms with E-state index < -0.39 is 17.1 Å². The Balaban J connectivity index is 1.43. The smallest absolute Gasteiger partial charge is 0.303 e. The van der Waals surface area contributed by atoms with E-state index >= 15 is 0 Å². The number of fused-ring (bicyclic) bond motifs is 3. The SMILES string of the molecule is C[C@@]1(CCC(=O)O)Oc2ccccc2[C@@H]2OC[C@]3(CCCN3C(=O)Cc3cccc(Cl)c3)C[C@H]21. The maximum atomic E-state index is 13.5. The number of rotatable bonds is 5. The van der Waals surface area contributed by atoms with Crippen LogP contribution in [0.3, 0.4) is 0 Å². The molecule has 2 saturated heterocycles. The molecule has 2 aromatic carbocycles. The quantitative estimate of drug-likeness (QED) is 0.645. The molecule has 6 nitrogen and oxygen atoms in total. The summed E-state index contributed by atoms with van der Waals surface area (Å²) in [7, 11) is 0. The topological polar surface area (TPSA) is 76.1 Å². The Hall–Kier alpha value is -2.57. The monoisotopic (exact) mass is 483 g/mol. The molecule has 5 rings (SSSR count). The van der Waals surface area contributed by atoms with Gasteiger partial charge in [0.05, 0.1) is 24.7 Å². The highest BCUT2D eigenvalue weighted by Gasteiger charge is 2.57. The van der Waals surface area contributed by atoms with E-state index in [1.54, 1.807) is 6.07 Å². The summed E-state index contributed by atoms with van der Waals surface area (Å²) >= 11 is 6.13. The molecule has 3 aliphatic heterocycles. The van der Waals surface area contributed by atoms with Crippen molar-refractivity contribution in [3.8, 4) is 5.75 Å². The number of hydrogen-bond donors (Lipinski definition) is 1. The summed E-state index contributed by atoms with van der Waals surface area (Å²) in [4.78, 5) is 26.9. The minimum absolute atomic E-state index is 0.0201. The van der Waals surface area contributed by atoms with Gasteiger partial charge in [0.25, 0.3) is 0 Å². The second-order valence-electron chi connectivity index (χ2n) is 10.1. The minimum Gasteiger partial charge on any atom is -0.487 e. The molecule has 1 amide bonds. The molecule has 3 aliphatic rings. The number of aliphatic carboxylic acids is 1. The molecule has 1 spiro atoms. The van der Waals surface area contributed by atoms with Crippen molar-refractivity contribution in [3.05, 3.63) is 64.7 Å². The van der Waals surface area contributed by atoms with Crippen molar-refractivity contribution in [1.29, 1.82) is 0 Å². The van der Waals surface area contributed by atoms with Gasteiger partial charge in [0.15, 0.2) is 0 Å². The van der Waals surface area contributed by atoms with Crippen molar-refractivity contribution < 1.29 is 24.2 Å². The van der Waals surface area contributed by atoms with Gasteiger partial charge < -0.3 is 19.5 Å². The van der Waals surface area contributed by atoms with Crippen molar-refractivity contribution in [2.24, 2.45) is 5.92 Å². The van der Waals surface area contributed by atoms with Gasteiger partial charge in [0.1, 0.15) is 11.4 Å². The third-order valence-corrected chi connectivity index (χ3v) is 8.06. The third-order valence-electron chi connectivity index (χ3n) is 7.83. The van der Waals surface area contributed by atoms with Crippen LogP contribution in [0.1, 0.15) is 56.3 Å². The molecule has 0 radical (unpaired) electrons. The van der Waals surface area contributed by atoms with Gasteiger partial charge >= 0.3 is 5.97 Å². The van der Waals surface area contributed by atoms with E-state index in [9.17, 15) is 14.7 Å². The van der Waals surface area contributed by atoms with Crippen LogP contribution in [0.15, 0.2) is 48.5 Å². The number of carboxylic acids is 1. The molecule has 180 valence electrons. The van der Waals surface area contributed by atoms with E-state index in [1.807, 2.05) is 54.3 Å². The number of amides is 1. The standard InChI is InChI=1S/C27H30ClNO5/c1-26(12-10-24(31)32)21-16-27(17-33-25(21)20-8-2-3-9-22(20)34-26)11-5-13-29(27)23(30)15-18-6-4-7-19(28)14-18/h2-4,6-9,14,21,25H,5,10-13,15-17H2,1H3,(H,31,32)/t21-,25+,26+,27+/m1/s1. The van der Waals surface area contributed by atoms with Crippen molar-refractivity contribution in [2.45, 2.75) is 62.7 Å². The lowest BCUT2D eigenvalue weighted by molar-refractivity contribution is -0.179. The highest BCUT2D eigenvalue weighted by atomic mass is 35.5. The molecule has 0 aliphatic carbocycles. The summed E-state index contributed by atoms with van der Waals surface area (Å²) in [5.74, 6) is -0.0694. The highest BCUT2D eigenvalue weighted by Crippen LogP contribution is 2.55. The predicted molar refractivity (Wildman–Crippen MR) is 128 cm³/mol. The van der Waals surface area contributed by atoms with E-state index in [0.29, 0.717) is 31.0 Å². The number of carbonyl (C=O) groups is 2. The Bertz CT molecular complexity index is 1110. The highest BCUT2D eigenvalue weighted by molar-refractivity contribution is 6.30. The van der Waals surface area contributed by atoms with Gasteiger partial charge in [-0.05, 0) is 56.4 Å². The molecule has 0 bridgehead atoms. The lowest BCUT2D eigenvalue weighted by Crippen LogP contribution is -2.60. The molecular formula is C27H30ClNO5. The molecule has 3 heterocycles.